The predicted octanol–water partition coefficient (Wildman–Crippen LogP) is 4.09. The average Bonchev–Trinajstić information content (AvgIpc) is 2.33. The SMILES string of the molecule is Cc1cc(Cl)cc(F)c1N.Cc1cccc(F)c1N. The first-order valence-electron chi connectivity index (χ1n) is 5.54. The highest BCUT2D eigenvalue weighted by Crippen LogP contribution is 2.20. The van der Waals surface area contributed by atoms with Crippen molar-refractivity contribution in [2.75, 3.05) is 11.5 Å². The topological polar surface area (TPSA) is 52.0 Å². The fourth-order valence-corrected chi connectivity index (χ4v) is 1.62. The molecule has 0 heterocycles. The van der Waals surface area contributed by atoms with Gasteiger partial charge in [0, 0.05) is 5.02 Å². The number of rotatable bonds is 0. The average molecular weight is 285 g/mol. The summed E-state index contributed by atoms with van der Waals surface area (Å²) < 4.78 is 25.1. The van der Waals surface area contributed by atoms with Gasteiger partial charge in [-0.05, 0) is 43.2 Å². The Morgan fingerprint density at radius 3 is 1.95 bits per heavy atom. The van der Waals surface area contributed by atoms with E-state index < -0.39 is 5.82 Å². The Bertz CT molecular complexity index is 542. The standard InChI is InChI=1S/C7H7ClFN.C7H8FN/c1-4-2-5(8)3-6(9)7(4)10;1-5-3-2-4-6(8)7(5)9/h2-3H,10H2,1H3;2-4H,9H2,1H3. The van der Waals surface area contributed by atoms with Gasteiger partial charge in [-0.3, -0.25) is 0 Å². The van der Waals surface area contributed by atoms with Crippen molar-refractivity contribution in [3.8, 4) is 0 Å². The van der Waals surface area contributed by atoms with Gasteiger partial charge in [-0.25, -0.2) is 8.78 Å². The number of halogens is 3. The largest absolute Gasteiger partial charge is 0.396 e. The first kappa shape index (κ1) is 15.2. The van der Waals surface area contributed by atoms with E-state index in [0.717, 1.165) is 5.56 Å². The lowest BCUT2D eigenvalue weighted by molar-refractivity contribution is 0.631. The molecular formula is C14H15ClF2N2. The summed E-state index contributed by atoms with van der Waals surface area (Å²) in [7, 11) is 0. The molecule has 5 heteroatoms. The number of nitrogens with two attached hydrogens (primary N) is 2. The highest BCUT2D eigenvalue weighted by atomic mass is 35.5. The summed E-state index contributed by atoms with van der Waals surface area (Å²) in [4.78, 5) is 0. The zero-order chi connectivity index (χ0) is 14.6. The quantitative estimate of drug-likeness (QED) is 0.716. The van der Waals surface area contributed by atoms with Gasteiger partial charge in [0.05, 0.1) is 11.4 Å². The maximum absolute atomic E-state index is 12.6. The second kappa shape index (κ2) is 6.38. The molecule has 0 spiro atoms. The smallest absolute Gasteiger partial charge is 0.147 e. The van der Waals surface area contributed by atoms with Crippen LogP contribution in [0.3, 0.4) is 0 Å². The molecule has 0 saturated carbocycles. The Hall–Kier alpha value is -1.81. The summed E-state index contributed by atoms with van der Waals surface area (Å²) in [6.45, 7) is 3.49. The molecule has 2 aromatic rings. The molecule has 0 aliphatic carbocycles. The van der Waals surface area contributed by atoms with Gasteiger partial charge in [-0.2, -0.15) is 0 Å². The molecule has 0 aliphatic heterocycles. The minimum absolute atomic E-state index is 0.171. The fourth-order valence-electron chi connectivity index (χ4n) is 1.36. The predicted molar refractivity (Wildman–Crippen MR) is 76.1 cm³/mol. The highest BCUT2D eigenvalue weighted by Gasteiger charge is 2.01. The van der Waals surface area contributed by atoms with Crippen LogP contribution in [0.2, 0.25) is 5.02 Å². The molecule has 0 aromatic heterocycles. The minimum Gasteiger partial charge on any atom is -0.396 e. The van der Waals surface area contributed by atoms with E-state index in [1.54, 1.807) is 32.0 Å². The van der Waals surface area contributed by atoms with E-state index >= 15 is 0 Å². The molecule has 0 saturated heterocycles. The van der Waals surface area contributed by atoms with Gasteiger partial charge < -0.3 is 11.5 Å². The second-order valence-electron chi connectivity index (χ2n) is 4.09. The molecule has 0 aliphatic rings. The fraction of sp³-hybridized carbons (Fsp3) is 0.143. The van der Waals surface area contributed by atoms with Crippen molar-refractivity contribution in [2.24, 2.45) is 0 Å². The van der Waals surface area contributed by atoms with E-state index in [1.807, 2.05) is 0 Å². The monoisotopic (exact) mass is 284 g/mol. The zero-order valence-electron chi connectivity index (χ0n) is 10.7. The van der Waals surface area contributed by atoms with Crippen LogP contribution < -0.4 is 11.5 Å². The Morgan fingerprint density at radius 1 is 0.895 bits per heavy atom. The summed E-state index contributed by atoms with van der Waals surface area (Å²) in [6, 6.07) is 7.59. The third-order valence-corrected chi connectivity index (χ3v) is 2.79. The third kappa shape index (κ3) is 4.10. The molecule has 2 rings (SSSR count). The van der Waals surface area contributed by atoms with Crippen molar-refractivity contribution in [2.45, 2.75) is 13.8 Å². The zero-order valence-corrected chi connectivity index (χ0v) is 11.4. The maximum atomic E-state index is 12.6. The number of hydrogen-bond donors (Lipinski definition) is 2. The number of anilines is 2. The molecule has 0 atom stereocenters. The van der Waals surface area contributed by atoms with Crippen LogP contribution in [0, 0.1) is 25.5 Å². The van der Waals surface area contributed by atoms with Gasteiger partial charge in [-0.15, -0.1) is 0 Å². The van der Waals surface area contributed by atoms with Gasteiger partial charge >= 0.3 is 0 Å². The molecule has 4 N–H and O–H groups in total. The molecule has 0 fully saturated rings. The highest BCUT2D eigenvalue weighted by molar-refractivity contribution is 6.30. The number of para-hydroxylation sites is 1. The van der Waals surface area contributed by atoms with Crippen LogP contribution in [-0.2, 0) is 0 Å². The summed E-state index contributed by atoms with van der Waals surface area (Å²) in [5.41, 5.74) is 12.5. The molecule has 0 unspecified atom stereocenters. The first-order chi connectivity index (χ1) is 8.82. The van der Waals surface area contributed by atoms with Crippen LogP contribution in [0.1, 0.15) is 11.1 Å². The maximum Gasteiger partial charge on any atom is 0.147 e. The molecule has 0 radical (unpaired) electrons. The number of hydrogen-bond acceptors (Lipinski definition) is 2. The summed E-state index contributed by atoms with van der Waals surface area (Å²) in [6.07, 6.45) is 0. The van der Waals surface area contributed by atoms with Gasteiger partial charge in [-0.1, -0.05) is 23.7 Å². The van der Waals surface area contributed by atoms with Crippen molar-refractivity contribution < 1.29 is 8.78 Å². The van der Waals surface area contributed by atoms with Gasteiger partial charge in [0.2, 0.25) is 0 Å². The van der Waals surface area contributed by atoms with E-state index in [0.29, 0.717) is 10.6 Å². The van der Waals surface area contributed by atoms with Gasteiger partial charge in [0.15, 0.2) is 0 Å². The van der Waals surface area contributed by atoms with E-state index in [2.05, 4.69) is 0 Å². The molecule has 19 heavy (non-hydrogen) atoms. The van der Waals surface area contributed by atoms with Crippen molar-refractivity contribution in [3.63, 3.8) is 0 Å². The Kier molecular flexibility index (Phi) is 5.12. The van der Waals surface area contributed by atoms with Gasteiger partial charge in [0.25, 0.3) is 0 Å². The van der Waals surface area contributed by atoms with Crippen LogP contribution in [0.25, 0.3) is 0 Å². The summed E-state index contributed by atoms with van der Waals surface area (Å²) in [5, 5.41) is 0.379. The molecule has 0 bridgehead atoms. The Morgan fingerprint density at radius 2 is 1.47 bits per heavy atom. The lowest BCUT2D eigenvalue weighted by atomic mass is 10.2. The Balaban J connectivity index is 0.000000191. The molecule has 2 aromatic carbocycles. The van der Waals surface area contributed by atoms with Gasteiger partial charge in [0.1, 0.15) is 11.6 Å². The summed E-state index contributed by atoms with van der Waals surface area (Å²) in [5.74, 6) is -0.792. The third-order valence-electron chi connectivity index (χ3n) is 2.57. The molecule has 2 nitrogen and oxygen atoms in total. The van der Waals surface area contributed by atoms with E-state index in [1.165, 1.54) is 12.1 Å². The number of aryl methyl sites for hydroxylation is 2. The minimum atomic E-state index is -0.454. The van der Waals surface area contributed by atoms with Crippen molar-refractivity contribution >= 4 is 23.0 Å². The second-order valence-corrected chi connectivity index (χ2v) is 4.53. The van der Waals surface area contributed by atoms with E-state index in [-0.39, 0.29) is 17.2 Å². The Labute approximate surface area is 116 Å². The normalized spacial score (nSPS) is 9.74. The summed E-state index contributed by atoms with van der Waals surface area (Å²) >= 11 is 5.53. The van der Waals surface area contributed by atoms with Crippen molar-refractivity contribution in [1.82, 2.24) is 0 Å². The van der Waals surface area contributed by atoms with Crippen LogP contribution in [0.15, 0.2) is 30.3 Å². The first-order valence-corrected chi connectivity index (χ1v) is 5.92. The van der Waals surface area contributed by atoms with Crippen molar-refractivity contribution in [3.05, 3.63) is 58.1 Å². The van der Waals surface area contributed by atoms with Crippen LogP contribution in [0.5, 0.6) is 0 Å². The van der Waals surface area contributed by atoms with Crippen LogP contribution >= 0.6 is 11.6 Å². The lowest BCUT2D eigenvalue weighted by Gasteiger charge is -2.00. The van der Waals surface area contributed by atoms with Crippen LogP contribution in [-0.4, -0.2) is 0 Å². The molecule has 102 valence electrons. The van der Waals surface area contributed by atoms with Crippen molar-refractivity contribution in [1.29, 1.82) is 0 Å². The van der Waals surface area contributed by atoms with E-state index in [4.69, 9.17) is 23.1 Å². The molecular weight excluding hydrogens is 270 g/mol. The van der Waals surface area contributed by atoms with Crippen LogP contribution in [0.4, 0.5) is 20.2 Å². The van der Waals surface area contributed by atoms with E-state index in [9.17, 15) is 8.78 Å². The number of benzene rings is 2. The molecule has 0 amide bonds. The lowest BCUT2D eigenvalue weighted by Crippen LogP contribution is -1.93. The number of nitrogen functional groups attached to an aromatic ring is 2.